The summed E-state index contributed by atoms with van der Waals surface area (Å²) in [5.74, 6) is 1.32. The third-order valence-corrected chi connectivity index (χ3v) is 5.09. The molecule has 0 bridgehead atoms. The zero-order chi connectivity index (χ0) is 21.5. The first-order valence-corrected chi connectivity index (χ1v) is 10.1. The maximum absolute atomic E-state index is 11.0. The molecule has 1 unspecified atom stereocenters. The molecule has 1 heterocycles. The summed E-state index contributed by atoms with van der Waals surface area (Å²) < 4.78 is 12.2. The van der Waals surface area contributed by atoms with Crippen LogP contribution < -0.4 is 9.47 Å². The summed E-state index contributed by atoms with van der Waals surface area (Å²) in [6, 6.07) is 24.0. The van der Waals surface area contributed by atoms with Crippen molar-refractivity contribution in [3.63, 3.8) is 0 Å². The van der Waals surface area contributed by atoms with Crippen molar-refractivity contribution >= 4 is 12.0 Å². The van der Waals surface area contributed by atoms with Crippen LogP contribution in [0.4, 0.5) is 5.69 Å². The van der Waals surface area contributed by atoms with Gasteiger partial charge >= 0.3 is 0 Å². The van der Waals surface area contributed by atoms with Gasteiger partial charge in [0.05, 0.1) is 23.8 Å². The molecule has 1 aliphatic heterocycles. The van der Waals surface area contributed by atoms with Gasteiger partial charge in [-0.3, -0.25) is 15.1 Å². The number of benzene rings is 3. The number of aliphatic imine (C=N–C) groups is 1. The van der Waals surface area contributed by atoms with Crippen LogP contribution in [0.1, 0.15) is 17.2 Å². The lowest BCUT2D eigenvalue weighted by Gasteiger charge is -2.27. The van der Waals surface area contributed by atoms with Gasteiger partial charge < -0.3 is 14.4 Å². The van der Waals surface area contributed by atoms with Crippen molar-refractivity contribution in [3.05, 3.63) is 100 Å². The smallest absolute Gasteiger partial charge is 0.269 e. The summed E-state index contributed by atoms with van der Waals surface area (Å²) in [5, 5.41) is 11.0. The van der Waals surface area contributed by atoms with Gasteiger partial charge in [-0.25, -0.2) is 0 Å². The van der Waals surface area contributed by atoms with Crippen LogP contribution in [0.25, 0.3) is 0 Å². The van der Waals surface area contributed by atoms with Crippen LogP contribution in [0.3, 0.4) is 0 Å². The molecule has 7 nitrogen and oxygen atoms in total. The monoisotopic (exact) mass is 417 g/mol. The highest BCUT2D eigenvalue weighted by molar-refractivity contribution is 5.58. The number of hydrogen-bond donors (Lipinski definition) is 0. The van der Waals surface area contributed by atoms with E-state index in [4.69, 9.17) is 9.47 Å². The molecule has 4 rings (SSSR count). The number of hydrogen-bond acceptors (Lipinski definition) is 6. The van der Waals surface area contributed by atoms with Crippen LogP contribution in [0.5, 0.6) is 11.5 Å². The van der Waals surface area contributed by atoms with Gasteiger partial charge in [0.2, 0.25) is 0 Å². The van der Waals surface area contributed by atoms with Gasteiger partial charge in [0.1, 0.15) is 13.2 Å². The van der Waals surface area contributed by atoms with E-state index in [0.29, 0.717) is 24.7 Å². The molecule has 1 atom stereocenters. The fourth-order valence-electron chi connectivity index (χ4n) is 3.42. The predicted molar refractivity (Wildman–Crippen MR) is 119 cm³/mol. The van der Waals surface area contributed by atoms with Crippen molar-refractivity contribution in [1.29, 1.82) is 0 Å². The Hall–Kier alpha value is -3.87. The summed E-state index contributed by atoms with van der Waals surface area (Å²) in [6.07, 6.45) is 1.81. The van der Waals surface area contributed by atoms with E-state index in [0.717, 1.165) is 24.2 Å². The normalized spacial score (nSPS) is 13.7. The Balaban J connectivity index is 1.48. The minimum Gasteiger partial charge on any atom is -0.487 e. The SMILES string of the molecule is O=[N+]([O-])c1ccc(C(COc2ccccc2OCc2ccccc2)N2C=NCC2)cc1. The molecular weight excluding hydrogens is 394 g/mol. The van der Waals surface area contributed by atoms with Crippen LogP contribution in [-0.4, -0.2) is 35.9 Å². The average Bonchev–Trinajstić information content (AvgIpc) is 3.34. The second-order valence-corrected chi connectivity index (χ2v) is 7.16. The third-order valence-electron chi connectivity index (χ3n) is 5.09. The molecule has 0 fully saturated rings. The first-order valence-electron chi connectivity index (χ1n) is 10.1. The Bertz CT molecular complexity index is 1040. The molecule has 0 saturated carbocycles. The van der Waals surface area contributed by atoms with Gasteiger partial charge in [0, 0.05) is 18.7 Å². The highest BCUT2D eigenvalue weighted by atomic mass is 16.6. The summed E-state index contributed by atoms with van der Waals surface area (Å²) in [7, 11) is 0. The van der Waals surface area contributed by atoms with Crippen molar-refractivity contribution in [1.82, 2.24) is 4.90 Å². The summed E-state index contributed by atoms with van der Waals surface area (Å²) in [5.41, 5.74) is 2.08. The molecule has 0 saturated heterocycles. The standard InChI is InChI=1S/C24H23N3O4/c28-27(29)21-12-10-20(11-13-21)22(26-15-14-25-18-26)17-31-24-9-5-4-8-23(24)30-16-19-6-2-1-3-7-19/h1-13,18,22H,14-17H2. The Labute approximate surface area is 180 Å². The van der Waals surface area contributed by atoms with Crippen molar-refractivity contribution in [3.8, 4) is 11.5 Å². The molecule has 3 aromatic rings. The van der Waals surface area contributed by atoms with Crippen molar-refractivity contribution in [2.75, 3.05) is 19.7 Å². The lowest BCUT2D eigenvalue weighted by molar-refractivity contribution is -0.384. The van der Waals surface area contributed by atoms with Gasteiger partial charge in [-0.1, -0.05) is 54.6 Å². The van der Waals surface area contributed by atoms with Gasteiger partial charge in [-0.2, -0.15) is 0 Å². The van der Waals surface area contributed by atoms with Crippen molar-refractivity contribution < 1.29 is 14.4 Å². The Morgan fingerprint density at radius 1 is 0.935 bits per heavy atom. The summed E-state index contributed by atoms with van der Waals surface area (Å²) in [6.45, 7) is 2.30. The van der Waals surface area contributed by atoms with E-state index in [-0.39, 0.29) is 11.7 Å². The Morgan fingerprint density at radius 3 is 2.26 bits per heavy atom. The second-order valence-electron chi connectivity index (χ2n) is 7.16. The number of rotatable bonds is 9. The maximum atomic E-state index is 11.0. The summed E-state index contributed by atoms with van der Waals surface area (Å²) in [4.78, 5) is 17.0. The minimum absolute atomic E-state index is 0.0677. The molecule has 0 amide bonds. The highest BCUT2D eigenvalue weighted by Crippen LogP contribution is 2.30. The van der Waals surface area contributed by atoms with E-state index in [1.54, 1.807) is 12.1 Å². The predicted octanol–water partition coefficient (Wildman–Crippen LogP) is 4.64. The van der Waals surface area contributed by atoms with E-state index in [2.05, 4.69) is 9.89 Å². The van der Waals surface area contributed by atoms with Gasteiger partial charge in [-0.05, 0) is 23.3 Å². The van der Waals surface area contributed by atoms with Gasteiger partial charge in [0.15, 0.2) is 11.5 Å². The molecule has 0 radical (unpaired) electrons. The first-order chi connectivity index (χ1) is 15.2. The average molecular weight is 417 g/mol. The molecule has 1 aliphatic rings. The number of nitro groups is 1. The Kier molecular flexibility index (Phi) is 6.42. The fourth-order valence-corrected chi connectivity index (χ4v) is 3.42. The molecule has 0 N–H and O–H groups in total. The van der Waals surface area contributed by atoms with E-state index in [9.17, 15) is 10.1 Å². The van der Waals surface area contributed by atoms with Crippen LogP contribution >= 0.6 is 0 Å². The maximum Gasteiger partial charge on any atom is 0.269 e. The molecule has 3 aromatic carbocycles. The highest BCUT2D eigenvalue weighted by Gasteiger charge is 2.22. The lowest BCUT2D eigenvalue weighted by Crippen LogP contribution is -2.30. The molecular formula is C24H23N3O4. The number of nitro benzene ring substituents is 1. The van der Waals surface area contributed by atoms with Gasteiger partial charge in [0.25, 0.3) is 5.69 Å². The van der Waals surface area contributed by atoms with Crippen LogP contribution in [0, 0.1) is 10.1 Å². The van der Waals surface area contributed by atoms with E-state index in [1.807, 2.05) is 60.9 Å². The molecule has 0 spiro atoms. The molecule has 0 aromatic heterocycles. The molecule has 0 aliphatic carbocycles. The van der Waals surface area contributed by atoms with E-state index in [1.165, 1.54) is 12.1 Å². The number of non-ortho nitro benzene ring substituents is 1. The van der Waals surface area contributed by atoms with E-state index >= 15 is 0 Å². The number of nitrogens with zero attached hydrogens (tertiary/aromatic N) is 3. The number of ether oxygens (including phenoxy) is 2. The second kappa shape index (κ2) is 9.75. The van der Waals surface area contributed by atoms with E-state index < -0.39 is 4.92 Å². The minimum atomic E-state index is -0.396. The lowest BCUT2D eigenvalue weighted by atomic mass is 10.1. The third kappa shape index (κ3) is 5.19. The largest absolute Gasteiger partial charge is 0.487 e. The van der Waals surface area contributed by atoms with Crippen LogP contribution in [0.2, 0.25) is 0 Å². The van der Waals surface area contributed by atoms with Crippen LogP contribution in [-0.2, 0) is 6.61 Å². The summed E-state index contributed by atoms with van der Waals surface area (Å²) >= 11 is 0. The zero-order valence-corrected chi connectivity index (χ0v) is 17.0. The molecule has 158 valence electrons. The zero-order valence-electron chi connectivity index (χ0n) is 17.0. The van der Waals surface area contributed by atoms with Crippen molar-refractivity contribution in [2.45, 2.75) is 12.6 Å². The first kappa shape index (κ1) is 20.4. The molecule has 7 heteroatoms. The Morgan fingerprint density at radius 2 is 1.61 bits per heavy atom. The van der Waals surface area contributed by atoms with Crippen molar-refractivity contribution in [2.24, 2.45) is 4.99 Å². The fraction of sp³-hybridized carbons (Fsp3) is 0.208. The molecule has 31 heavy (non-hydrogen) atoms. The quantitative estimate of drug-likeness (QED) is 0.374. The van der Waals surface area contributed by atoms with Gasteiger partial charge in [-0.15, -0.1) is 0 Å². The number of para-hydroxylation sites is 2. The van der Waals surface area contributed by atoms with Crippen LogP contribution in [0.15, 0.2) is 83.9 Å². The topological polar surface area (TPSA) is 77.2 Å².